The third-order valence-electron chi connectivity index (χ3n) is 2.71. The SMILES string of the molecule is CC(C)CNC(=O)c1cc(Nc2ccccc2Br)ncn1. The predicted molar refractivity (Wildman–Crippen MR) is 86.6 cm³/mol. The molecule has 110 valence electrons. The standard InChI is InChI=1S/C15H17BrN4O/c1-10(2)8-17-15(21)13-7-14(19-9-18-13)20-12-6-4-3-5-11(12)16/h3-7,9-10H,8H2,1-2H3,(H,17,21)(H,18,19,20). The van der Waals surface area contributed by atoms with Gasteiger partial charge in [0.05, 0.1) is 5.69 Å². The largest absolute Gasteiger partial charge is 0.350 e. The van der Waals surface area contributed by atoms with Crippen LogP contribution in [0.2, 0.25) is 0 Å². The fraction of sp³-hybridized carbons (Fsp3) is 0.267. The molecule has 5 nitrogen and oxygen atoms in total. The highest BCUT2D eigenvalue weighted by atomic mass is 79.9. The van der Waals surface area contributed by atoms with Gasteiger partial charge in [-0.05, 0) is 34.0 Å². The second-order valence-electron chi connectivity index (χ2n) is 5.00. The topological polar surface area (TPSA) is 66.9 Å². The van der Waals surface area contributed by atoms with Crippen LogP contribution in [0.15, 0.2) is 41.1 Å². The molecule has 6 heteroatoms. The highest BCUT2D eigenvalue weighted by Crippen LogP contribution is 2.24. The minimum absolute atomic E-state index is 0.193. The zero-order valence-corrected chi connectivity index (χ0v) is 13.5. The Hall–Kier alpha value is -1.95. The number of nitrogens with zero attached hydrogens (tertiary/aromatic N) is 2. The lowest BCUT2D eigenvalue weighted by molar-refractivity contribution is 0.0944. The van der Waals surface area contributed by atoms with Crippen molar-refractivity contribution < 1.29 is 4.79 Å². The summed E-state index contributed by atoms with van der Waals surface area (Å²) in [5.41, 5.74) is 1.23. The van der Waals surface area contributed by atoms with Crippen molar-refractivity contribution in [2.24, 2.45) is 5.92 Å². The fourth-order valence-electron chi connectivity index (χ4n) is 1.64. The van der Waals surface area contributed by atoms with Crippen LogP contribution >= 0.6 is 15.9 Å². The van der Waals surface area contributed by atoms with Gasteiger partial charge in [0.15, 0.2) is 0 Å². The number of rotatable bonds is 5. The Bertz CT molecular complexity index is 631. The van der Waals surface area contributed by atoms with Crippen LogP contribution in [0.4, 0.5) is 11.5 Å². The summed E-state index contributed by atoms with van der Waals surface area (Å²) >= 11 is 3.46. The molecule has 0 unspecified atom stereocenters. The summed E-state index contributed by atoms with van der Waals surface area (Å²) in [4.78, 5) is 20.1. The van der Waals surface area contributed by atoms with Gasteiger partial charge in [-0.1, -0.05) is 26.0 Å². The molecule has 0 radical (unpaired) electrons. The van der Waals surface area contributed by atoms with Gasteiger partial charge >= 0.3 is 0 Å². The van der Waals surface area contributed by atoms with Gasteiger partial charge in [-0.3, -0.25) is 4.79 Å². The van der Waals surface area contributed by atoms with E-state index in [0.717, 1.165) is 10.2 Å². The molecule has 2 N–H and O–H groups in total. The van der Waals surface area contributed by atoms with Gasteiger partial charge in [0.1, 0.15) is 17.8 Å². The molecule has 0 atom stereocenters. The van der Waals surface area contributed by atoms with Crippen molar-refractivity contribution in [1.29, 1.82) is 0 Å². The molecule has 1 heterocycles. The van der Waals surface area contributed by atoms with Crippen LogP contribution in [-0.4, -0.2) is 22.4 Å². The number of aromatic nitrogens is 2. The zero-order chi connectivity index (χ0) is 15.2. The Morgan fingerprint density at radius 3 is 2.76 bits per heavy atom. The van der Waals surface area contributed by atoms with E-state index in [9.17, 15) is 4.79 Å². The lowest BCUT2D eigenvalue weighted by Crippen LogP contribution is -2.28. The Kier molecular flexibility index (Phi) is 5.27. The van der Waals surface area contributed by atoms with Gasteiger partial charge in [-0.15, -0.1) is 0 Å². The summed E-state index contributed by atoms with van der Waals surface area (Å²) in [7, 11) is 0. The number of carbonyl (C=O) groups excluding carboxylic acids is 1. The number of benzene rings is 1. The van der Waals surface area contributed by atoms with E-state index in [0.29, 0.717) is 24.0 Å². The van der Waals surface area contributed by atoms with Gasteiger partial charge in [0, 0.05) is 17.1 Å². The Balaban J connectivity index is 2.11. The fourth-order valence-corrected chi connectivity index (χ4v) is 2.02. The average Bonchev–Trinajstić information content (AvgIpc) is 2.47. The van der Waals surface area contributed by atoms with Gasteiger partial charge in [-0.2, -0.15) is 0 Å². The molecule has 1 aromatic carbocycles. The number of nitrogens with one attached hydrogen (secondary N) is 2. The molecule has 0 fully saturated rings. The van der Waals surface area contributed by atoms with Crippen molar-refractivity contribution >= 4 is 33.3 Å². The molecule has 0 spiro atoms. The van der Waals surface area contributed by atoms with Crippen LogP contribution in [0.5, 0.6) is 0 Å². The lowest BCUT2D eigenvalue weighted by atomic mass is 10.2. The van der Waals surface area contributed by atoms with Crippen LogP contribution < -0.4 is 10.6 Å². The van der Waals surface area contributed by atoms with Crippen LogP contribution in [0, 0.1) is 5.92 Å². The molecule has 0 saturated heterocycles. The van der Waals surface area contributed by atoms with Crippen LogP contribution in [0.3, 0.4) is 0 Å². The Morgan fingerprint density at radius 2 is 2.05 bits per heavy atom. The first kappa shape index (κ1) is 15.4. The lowest BCUT2D eigenvalue weighted by Gasteiger charge is -2.09. The molecule has 21 heavy (non-hydrogen) atoms. The second kappa shape index (κ2) is 7.17. The van der Waals surface area contributed by atoms with Crippen molar-refractivity contribution in [3.63, 3.8) is 0 Å². The maximum absolute atomic E-state index is 12.0. The van der Waals surface area contributed by atoms with Gasteiger partial charge in [0.25, 0.3) is 5.91 Å². The normalized spacial score (nSPS) is 10.5. The van der Waals surface area contributed by atoms with Gasteiger partial charge < -0.3 is 10.6 Å². The van der Waals surface area contributed by atoms with Crippen molar-refractivity contribution in [2.45, 2.75) is 13.8 Å². The van der Waals surface area contributed by atoms with E-state index in [1.807, 2.05) is 38.1 Å². The first-order valence-electron chi connectivity index (χ1n) is 6.68. The molecule has 0 bridgehead atoms. The van der Waals surface area contributed by atoms with Crippen molar-refractivity contribution in [3.8, 4) is 0 Å². The van der Waals surface area contributed by atoms with Crippen molar-refractivity contribution in [3.05, 3.63) is 46.8 Å². The Labute approximate surface area is 132 Å². The minimum Gasteiger partial charge on any atom is -0.350 e. The molecular formula is C15H17BrN4O. The van der Waals surface area contributed by atoms with E-state index >= 15 is 0 Å². The molecule has 0 aliphatic carbocycles. The number of para-hydroxylation sites is 1. The summed E-state index contributed by atoms with van der Waals surface area (Å²) in [5, 5.41) is 5.99. The van der Waals surface area contributed by atoms with Crippen LogP contribution in [0.1, 0.15) is 24.3 Å². The number of amides is 1. The maximum Gasteiger partial charge on any atom is 0.270 e. The Morgan fingerprint density at radius 1 is 1.29 bits per heavy atom. The summed E-state index contributed by atoms with van der Waals surface area (Å²) in [5.74, 6) is 0.779. The van der Waals surface area contributed by atoms with Gasteiger partial charge in [-0.25, -0.2) is 9.97 Å². The summed E-state index contributed by atoms with van der Waals surface area (Å²) in [6, 6.07) is 9.34. The third kappa shape index (κ3) is 4.53. The zero-order valence-electron chi connectivity index (χ0n) is 11.9. The summed E-state index contributed by atoms with van der Waals surface area (Å²) in [6.07, 6.45) is 1.38. The molecule has 0 aliphatic rings. The molecule has 2 aromatic rings. The van der Waals surface area contributed by atoms with E-state index in [2.05, 4.69) is 36.5 Å². The molecule has 1 amide bonds. The second-order valence-corrected chi connectivity index (χ2v) is 5.85. The van der Waals surface area contributed by atoms with E-state index in [1.54, 1.807) is 6.07 Å². The first-order valence-corrected chi connectivity index (χ1v) is 7.47. The van der Waals surface area contributed by atoms with Crippen LogP contribution in [0.25, 0.3) is 0 Å². The van der Waals surface area contributed by atoms with E-state index in [-0.39, 0.29) is 5.91 Å². The van der Waals surface area contributed by atoms with Gasteiger partial charge in [0.2, 0.25) is 0 Å². The highest BCUT2D eigenvalue weighted by Gasteiger charge is 2.09. The van der Waals surface area contributed by atoms with E-state index in [4.69, 9.17) is 0 Å². The quantitative estimate of drug-likeness (QED) is 0.869. The highest BCUT2D eigenvalue weighted by molar-refractivity contribution is 9.10. The minimum atomic E-state index is -0.193. The maximum atomic E-state index is 12.0. The summed E-state index contributed by atoms with van der Waals surface area (Å²) in [6.45, 7) is 4.70. The van der Waals surface area contributed by atoms with E-state index < -0.39 is 0 Å². The summed E-state index contributed by atoms with van der Waals surface area (Å²) < 4.78 is 0.925. The number of hydrogen-bond acceptors (Lipinski definition) is 4. The number of halogens is 1. The average molecular weight is 349 g/mol. The monoisotopic (exact) mass is 348 g/mol. The molecule has 1 aromatic heterocycles. The molecule has 2 rings (SSSR count). The smallest absolute Gasteiger partial charge is 0.270 e. The third-order valence-corrected chi connectivity index (χ3v) is 3.40. The molecule has 0 saturated carbocycles. The molecule has 0 aliphatic heterocycles. The number of anilines is 2. The van der Waals surface area contributed by atoms with Crippen LogP contribution in [-0.2, 0) is 0 Å². The number of carbonyl (C=O) groups is 1. The van der Waals surface area contributed by atoms with Crippen molar-refractivity contribution in [2.75, 3.05) is 11.9 Å². The predicted octanol–water partition coefficient (Wildman–Crippen LogP) is 3.37. The van der Waals surface area contributed by atoms with Crippen molar-refractivity contribution in [1.82, 2.24) is 15.3 Å². The molecular weight excluding hydrogens is 332 g/mol. The van der Waals surface area contributed by atoms with E-state index in [1.165, 1.54) is 6.33 Å². The number of hydrogen-bond donors (Lipinski definition) is 2. The first-order chi connectivity index (χ1) is 10.1.